The van der Waals surface area contributed by atoms with Crippen molar-refractivity contribution in [2.45, 2.75) is 27.3 Å². The van der Waals surface area contributed by atoms with Crippen LogP contribution in [0.25, 0.3) is 5.00 Å². The van der Waals surface area contributed by atoms with Crippen LogP contribution in [0.4, 0.5) is 5.95 Å². The van der Waals surface area contributed by atoms with Gasteiger partial charge in [0.2, 0.25) is 0 Å². The van der Waals surface area contributed by atoms with E-state index < -0.39 is 0 Å². The first-order chi connectivity index (χ1) is 14.9. The molecule has 31 heavy (non-hydrogen) atoms. The zero-order valence-electron chi connectivity index (χ0n) is 17.1. The van der Waals surface area contributed by atoms with Crippen LogP contribution in [0.15, 0.2) is 47.7 Å². The van der Waals surface area contributed by atoms with Gasteiger partial charge < -0.3 is 0 Å². The van der Waals surface area contributed by atoms with E-state index >= 15 is 0 Å². The summed E-state index contributed by atoms with van der Waals surface area (Å²) < 4.78 is 2.07. The normalized spacial score (nSPS) is 12.9. The van der Waals surface area contributed by atoms with E-state index in [9.17, 15) is 0 Å². The summed E-state index contributed by atoms with van der Waals surface area (Å²) >= 11 is 14.2. The lowest BCUT2D eigenvalue weighted by Gasteiger charge is -2.18. The van der Waals surface area contributed by atoms with Gasteiger partial charge in [-0.25, -0.2) is 9.99 Å². The Morgan fingerprint density at radius 3 is 2.52 bits per heavy atom. The smallest absolute Gasteiger partial charge is 0.253 e. The number of hydrogen-bond acceptors (Lipinski definition) is 6. The minimum absolute atomic E-state index is 0.412. The number of thiophene rings is 1. The van der Waals surface area contributed by atoms with Crippen molar-refractivity contribution in [2.24, 2.45) is 5.10 Å². The van der Waals surface area contributed by atoms with Gasteiger partial charge in [-0.15, -0.1) is 21.5 Å². The van der Waals surface area contributed by atoms with Gasteiger partial charge >= 0.3 is 0 Å². The number of nitrogens with zero attached hydrogens (tertiary/aromatic N) is 6. The molecular formula is C22H18Cl2N6S. The molecule has 0 spiro atoms. The SMILES string of the molecule is Cc1sc2c(c1C)C(c1ccc(Cl)cc1)=NN(Cc1cccnc1Cl)c1nnc(C)n1-2. The van der Waals surface area contributed by atoms with E-state index in [2.05, 4.69) is 33.6 Å². The molecule has 0 radical (unpaired) electrons. The Labute approximate surface area is 193 Å². The van der Waals surface area contributed by atoms with Crippen molar-refractivity contribution < 1.29 is 0 Å². The Morgan fingerprint density at radius 2 is 1.77 bits per heavy atom. The highest BCUT2D eigenvalue weighted by Crippen LogP contribution is 2.38. The van der Waals surface area contributed by atoms with Crippen LogP contribution < -0.4 is 5.01 Å². The molecule has 4 aromatic rings. The van der Waals surface area contributed by atoms with E-state index in [0.717, 1.165) is 33.2 Å². The second-order valence-corrected chi connectivity index (χ2v) is 9.31. The topological polar surface area (TPSA) is 59.2 Å². The summed E-state index contributed by atoms with van der Waals surface area (Å²) in [4.78, 5) is 5.44. The molecule has 1 aliphatic rings. The van der Waals surface area contributed by atoms with Crippen molar-refractivity contribution in [1.29, 1.82) is 0 Å². The number of aryl methyl sites for hydroxylation is 2. The molecule has 0 aliphatic carbocycles. The van der Waals surface area contributed by atoms with E-state index in [0.29, 0.717) is 22.7 Å². The largest absolute Gasteiger partial charge is 0.254 e. The van der Waals surface area contributed by atoms with Gasteiger partial charge in [-0.05, 0) is 44.5 Å². The molecule has 0 N–H and O–H groups in total. The number of fused-ring (bicyclic) bond motifs is 3. The van der Waals surface area contributed by atoms with E-state index in [1.165, 1.54) is 10.4 Å². The molecular weight excluding hydrogens is 451 g/mol. The summed E-state index contributed by atoms with van der Waals surface area (Å²) in [5, 5.41) is 17.9. The summed E-state index contributed by atoms with van der Waals surface area (Å²) in [6.07, 6.45) is 1.67. The van der Waals surface area contributed by atoms with Gasteiger partial charge in [0, 0.05) is 32.8 Å². The standard InChI is InChI=1S/C22H18Cl2N6S/c1-12-13(2)31-21-18(12)19(15-6-8-17(23)9-7-15)28-29(22-27-26-14(3)30(21)22)11-16-5-4-10-25-20(16)24/h4-10H,11H2,1-3H3. The lowest BCUT2D eigenvalue weighted by molar-refractivity contribution is 0.795. The summed E-state index contributed by atoms with van der Waals surface area (Å²) in [5.41, 5.74) is 4.96. The highest BCUT2D eigenvalue weighted by Gasteiger charge is 2.30. The lowest BCUT2D eigenvalue weighted by Crippen LogP contribution is -2.21. The molecule has 9 heteroatoms. The Hall–Kier alpha value is -2.74. The number of rotatable bonds is 3. The first-order valence-corrected chi connectivity index (χ1v) is 11.3. The van der Waals surface area contributed by atoms with Crippen LogP contribution in [0.1, 0.15) is 33.0 Å². The molecule has 1 aromatic carbocycles. The molecule has 0 saturated heterocycles. The van der Waals surface area contributed by atoms with Gasteiger partial charge in [0.25, 0.3) is 5.95 Å². The van der Waals surface area contributed by atoms with Crippen molar-refractivity contribution >= 4 is 46.2 Å². The Morgan fingerprint density at radius 1 is 1.00 bits per heavy atom. The quantitative estimate of drug-likeness (QED) is 0.360. The van der Waals surface area contributed by atoms with Gasteiger partial charge in [0.05, 0.1) is 6.54 Å². The number of benzene rings is 1. The molecule has 0 amide bonds. The van der Waals surface area contributed by atoms with Gasteiger partial charge in [0.15, 0.2) is 0 Å². The molecule has 0 unspecified atom stereocenters. The Bertz CT molecular complexity index is 1320. The molecule has 4 heterocycles. The molecule has 3 aromatic heterocycles. The zero-order valence-corrected chi connectivity index (χ0v) is 19.4. The van der Waals surface area contributed by atoms with Crippen molar-refractivity contribution in [3.05, 3.63) is 85.7 Å². The van der Waals surface area contributed by atoms with Crippen LogP contribution in [-0.4, -0.2) is 25.5 Å². The van der Waals surface area contributed by atoms with Crippen LogP contribution in [-0.2, 0) is 6.54 Å². The van der Waals surface area contributed by atoms with Gasteiger partial charge in [-0.3, -0.25) is 4.57 Å². The Balaban J connectivity index is 1.77. The molecule has 1 aliphatic heterocycles. The average molecular weight is 469 g/mol. The van der Waals surface area contributed by atoms with E-state index in [1.807, 2.05) is 48.3 Å². The number of hydrogen-bond donors (Lipinski definition) is 0. The third-order valence-electron chi connectivity index (χ3n) is 5.34. The van der Waals surface area contributed by atoms with E-state index in [-0.39, 0.29) is 0 Å². The van der Waals surface area contributed by atoms with Crippen molar-refractivity contribution in [3.8, 4) is 5.00 Å². The van der Waals surface area contributed by atoms with E-state index in [4.69, 9.17) is 28.3 Å². The third-order valence-corrected chi connectivity index (χ3v) is 7.12. The number of hydrazone groups is 1. The predicted molar refractivity (Wildman–Crippen MR) is 126 cm³/mol. The summed E-state index contributed by atoms with van der Waals surface area (Å²) in [6, 6.07) is 11.6. The fraction of sp³-hybridized carbons (Fsp3) is 0.182. The highest BCUT2D eigenvalue weighted by molar-refractivity contribution is 7.15. The molecule has 5 rings (SSSR count). The van der Waals surface area contributed by atoms with Crippen LogP contribution in [0.2, 0.25) is 10.2 Å². The second kappa shape index (κ2) is 7.75. The summed E-state index contributed by atoms with van der Waals surface area (Å²) in [5.74, 6) is 1.44. The fourth-order valence-electron chi connectivity index (χ4n) is 3.63. The maximum absolute atomic E-state index is 6.36. The number of halogens is 2. The van der Waals surface area contributed by atoms with Crippen LogP contribution in [0.5, 0.6) is 0 Å². The number of aromatic nitrogens is 4. The molecule has 0 atom stereocenters. The van der Waals surface area contributed by atoms with Gasteiger partial charge in [-0.2, -0.15) is 5.10 Å². The second-order valence-electron chi connectivity index (χ2n) is 7.31. The van der Waals surface area contributed by atoms with Crippen molar-refractivity contribution in [3.63, 3.8) is 0 Å². The summed E-state index contributed by atoms with van der Waals surface area (Å²) in [6.45, 7) is 6.62. The minimum Gasteiger partial charge on any atom is -0.254 e. The monoisotopic (exact) mass is 468 g/mol. The number of pyridine rings is 1. The van der Waals surface area contributed by atoms with Gasteiger partial charge in [-0.1, -0.05) is 41.4 Å². The van der Waals surface area contributed by atoms with Crippen LogP contribution >= 0.6 is 34.5 Å². The minimum atomic E-state index is 0.412. The molecule has 156 valence electrons. The summed E-state index contributed by atoms with van der Waals surface area (Å²) in [7, 11) is 0. The predicted octanol–water partition coefficient (Wildman–Crippen LogP) is 5.73. The number of anilines is 1. The maximum Gasteiger partial charge on any atom is 0.253 e. The first-order valence-electron chi connectivity index (χ1n) is 9.68. The highest BCUT2D eigenvalue weighted by atomic mass is 35.5. The molecule has 0 bridgehead atoms. The van der Waals surface area contributed by atoms with Crippen LogP contribution in [0.3, 0.4) is 0 Å². The third kappa shape index (κ3) is 3.43. The van der Waals surface area contributed by atoms with Gasteiger partial charge in [0.1, 0.15) is 21.7 Å². The average Bonchev–Trinajstić information content (AvgIpc) is 3.22. The fourth-order valence-corrected chi connectivity index (χ4v) is 5.14. The molecule has 0 fully saturated rings. The van der Waals surface area contributed by atoms with Crippen LogP contribution in [0, 0.1) is 20.8 Å². The zero-order chi connectivity index (χ0) is 21.7. The first kappa shape index (κ1) is 20.2. The van der Waals surface area contributed by atoms with E-state index in [1.54, 1.807) is 17.5 Å². The van der Waals surface area contributed by atoms with Crippen molar-refractivity contribution in [2.75, 3.05) is 5.01 Å². The Kier molecular flexibility index (Phi) is 5.04. The molecule has 0 saturated carbocycles. The van der Waals surface area contributed by atoms with Crippen molar-refractivity contribution in [1.82, 2.24) is 19.7 Å². The maximum atomic E-state index is 6.36. The molecule has 6 nitrogen and oxygen atoms in total. The lowest BCUT2D eigenvalue weighted by atomic mass is 10.00.